The van der Waals surface area contributed by atoms with E-state index in [0.717, 1.165) is 12.6 Å². The highest BCUT2D eigenvalue weighted by Gasteiger charge is 2.20. The molecule has 1 saturated heterocycles. The number of rotatable bonds is 4. The predicted molar refractivity (Wildman–Crippen MR) is 85.2 cm³/mol. The molecule has 1 heterocycles. The molecule has 19 heavy (non-hydrogen) atoms. The van der Waals surface area contributed by atoms with Crippen molar-refractivity contribution in [3.63, 3.8) is 0 Å². The van der Waals surface area contributed by atoms with Crippen molar-refractivity contribution in [3.8, 4) is 0 Å². The number of nitrogens with one attached hydrogen (secondary N) is 1. The molecule has 0 amide bonds. The molecule has 1 aliphatic carbocycles. The first-order valence-electron chi connectivity index (χ1n) is 7.48. The van der Waals surface area contributed by atoms with Gasteiger partial charge in [-0.15, -0.1) is 0 Å². The van der Waals surface area contributed by atoms with Gasteiger partial charge >= 0.3 is 0 Å². The van der Waals surface area contributed by atoms with Gasteiger partial charge in [0.2, 0.25) is 0 Å². The molecule has 1 saturated carbocycles. The number of hydrogen-bond acceptors (Lipinski definition) is 3. The molecule has 1 aromatic carbocycles. The van der Waals surface area contributed by atoms with Crippen LogP contribution in [0, 0.1) is 6.92 Å². The SMILES string of the molecule is Cc1cc(CNC2CC2)ccc1N1CCCSCC1. The van der Waals surface area contributed by atoms with E-state index in [4.69, 9.17) is 0 Å². The normalized spacial score (nSPS) is 20.4. The zero-order valence-corrected chi connectivity index (χ0v) is 12.6. The van der Waals surface area contributed by atoms with Crippen molar-refractivity contribution in [2.75, 3.05) is 29.5 Å². The Balaban J connectivity index is 1.66. The van der Waals surface area contributed by atoms with Crippen LogP contribution in [0.3, 0.4) is 0 Å². The minimum atomic E-state index is 0.794. The molecular formula is C16H24N2S. The maximum absolute atomic E-state index is 3.59. The van der Waals surface area contributed by atoms with Gasteiger partial charge in [-0.05, 0) is 49.1 Å². The third kappa shape index (κ3) is 3.67. The predicted octanol–water partition coefficient (Wildman–Crippen LogP) is 3.19. The minimum absolute atomic E-state index is 0.794. The molecule has 2 aliphatic rings. The largest absolute Gasteiger partial charge is 0.370 e. The van der Waals surface area contributed by atoms with Gasteiger partial charge in [0.05, 0.1) is 0 Å². The highest BCUT2D eigenvalue weighted by molar-refractivity contribution is 7.99. The van der Waals surface area contributed by atoms with Crippen LogP contribution in [0.2, 0.25) is 0 Å². The summed E-state index contributed by atoms with van der Waals surface area (Å²) < 4.78 is 0. The van der Waals surface area contributed by atoms with Crippen molar-refractivity contribution in [3.05, 3.63) is 29.3 Å². The Morgan fingerprint density at radius 3 is 2.95 bits per heavy atom. The average Bonchev–Trinajstić information content (AvgIpc) is 3.24. The lowest BCUT2D eigenvalue weighted by Gasteiger charge is -2.24. The molecule has 0 unspecified atom stereocenters. The standard InChI is InChI=1S/C16H24N2S/c1-13-11-14(12-17-15-4-5-15)3-6-16(13)18-7-2-9-19-10-8-18/h3,6,11,15,17H,2,4-5,7-10,12H2,1H3. The first kappa shape index (κ1) is 13.3. The Kier molecular flexibility index (Phi) is 4.34. The lowest BCUT2D eigenvalue weighted by atomic mass is 10.1. The molecule has 0 atom stereocenters. The summed E-state index contributed by atoms with van der Waals surface area (Å²) in [6.07, 6.45) is 4.04. The van der Waals surface area contributed by atoms with Crippen LogP contribution in [-0.2, 0) is 6.54 Å². The second kappa shape index (κ2) is 6.19. The van der Waals surface area contributed by atoms with Crippen molar-refractivity contribution in [2.45, 2.75) is 38.8 Å². The molecule has 2 fully saturated rings. The summed E-state index contributed by atoms with van der Waals surface area (Å²) in [6, 6.07) is 7.79. The quantitative estimate of drug-likeness (QED) is 0.909. The molecule has 0 bridgehead atoms. The van der Waals surface area contributed by atoms with Crippen molar-refractivity contribution >= 4 is 17.4 Å². The minimum Gasteiger partial charge on any atom is -0.370 e. The van der Waals surface area contributed by atoms with Gasteiger partial charge < -0.3 is 10.2 Å². The van der Waals surface area contributed by atoms with E-state index < -0.39 is 0 Å². The number of benzene rings is 1. The Hall–Kier alpha value is -0.670. The molecule has 104 valence electrons. The van der Waals surface area contributed by atoms with Gasteiger partial charge in [0.1, 0.15) is 0 Å². The second-order valence-electron chi connectivity index (χ2n) is 5.73. The number of aryl methyl sites for hydroxylation is 1. The van der Waals surface area contributed by atoms with E-state index in [9.17, 15) is 0 Å². The van der Waals surface area contributed by atoms with E-state index in [0.29, 0.717) is 0 Å². The van der Waals surface area contributed by atoms with E-state index in [2.05, 4.69) is 47.1 Å². The lowest BCUT2D eigenvalue weighted by molar-refractivity contribution is 0.687. The monoisotopic (exact) mass is 276 g/mol. The molecule has 3 heteroatoms. The van der Waals surface area contributed by atoms with E-state index in [1.165, 1.54) is 60.7 Å². The Morgan fingerprint density at radius 2 is 2.16 bits per heavy atom. The summed E-state index contributed by atoms with van der Waals surface area (Å²) >= 11 is 2.09. The van der Waals surface area contributed by atoms with Gasteiger partial charge in [-0.2, -0.15) is 11.8 Å². The molecule has 2 nitrogen and oxygen atoms in total. The lowest BCUT2D eigenvalue weighted by Crippen LogP contribution is -2.26. The van der Waals surface area contributed by atoms with Crippen LogP contribution in [0.1, 0.15) is 30.4 Å². The van der Waals surface area contributed by atoms with Crippen LogP contribution in [0.25, 0.3) is 0 Å². The van der Waals surface area contributed by atoms with Crippen LogP contribution in [0.15, 0.2) is 18.2 Å². The molecule has 0 aromatic heterocycles. The van der Waals surface area contributed by atoms with Gasteiger partial charge in [0.25, 0.3) is 0 Å². The fourth-order valence-electron chi connectivity index (χ4n) is 2.72. The van der Waals surface area contributed by atoms with Crippen LogP contribution in [0.4, 0.5) is 5.69 Å². The summed E-state index contributed by atoms with van der Waals surface area (Å²) in [5.74, 6) is 2.59. The van der Waals surface area contributed by atoms with E-state index in [1.807, 2.05) is 0 Å². The van der Waals surface area contributed by atoms with Crippen LogP contribution < -0.4 is 10.2 Å². The Bertz CT molecular complexity index is 421. The first-order valence-corrected chi connectivity index (χ1v) is 8.64. The summed E-state index contributed by atoms with van der Waals surface area (Å²) in [5.41, 5.74) is 4.30. The van der Waals surface area contributed by atoms with E-state index in [1.54, 1.807) is 0 Å². The molecular weight excluding hydrogens is 252 g/mol. The zero-order chi connectivity index (χ0) is 13.1. The summed E-state index contributed by atoms with van der Waals surface area (Å²) in [5, 5.41) is 3.59. The Labute approximate surface area is 121 Å². The summed E-state index contributed by atoms with van der Waals surface area (Å²) in [7, 11) is 0. The number of hydrogen-bond donors (Lipinski definition) is 1. The van der Waals surface area contributed by atoms with Crippen molar-refractivity contribution in [1.82, 2.24) is 5.32 Å². The fourth-order valence-corrected chi connectivity index (χ4v) is 3.61. The van der Waals surface area contributed by atoms with Crippen molar-refractivity contribution < 1.29 is 0 Å². The van der Waals surface area contributed by atoms with E-state index in [-0.39, 0.29) is 0 Å². The van der Waals surface area contributed by atoms with Crippen LogP contribution in [-0.4, -0.2) is 30.6 Å². The summed E-state index contributed by atoms with van der Waals surface area (Å²) in [6.45, 7) is 5.70. The first-order chi connectivity index (χ1) is 9.33. The zero-order valence-electron chi connectivity index (χ0n) is 11.8. The van der Waals surface area contributed by atoms with Gasteiger partial charge in [-0.1, -0.05) is 12.1 Å². The maximum atomic E-state index is 3.59. The summed E-state index contributed by atoms with van der Waals surface area (Å²) in [4.78, 5) is 2.56. The second-order valence-corrected chi connectivity index (χ2v) is 6.95. The Morgan fingerprint density at radius 1 is 1.26 bits per heavy atom. The molecule has 1 aromatic rings. The van der Waals surface area contributed by atoms with Crippen LogP contribution in [0.5, 0.6) is 0 Å². The van der Waals surface area contributed by atoms with Gasteiger partial charge in [0.15, 0.2) is 0 Å². The van der Waals surface area contributed by atoms with Crippen molar-refractivity contribution in [2.24, 2.45) is 0 Å². The third-order valence-corrected chi connectivity index (χ3v) is 5.04. The molecule has 1 N–H and O–H groups in total. The number of anilines is 1. The van der Waals surface area contributed by atoms with Gasteiger partial charge in [-0.3, -0.25) is 0 Å². The van der Waals surface area contributed by atoms with Crippen LogP contribution >= 0.6 is 11.8 Å². The number of nitrogens with zero attached hydrogens (tertiary/aromatic N) is 1. The number of thioether (sulfide) groups is 1. The smallest absolute Gasteiger partial charge is 0.0396 e. The van der Waals surface area contributed by atoms with Crippen molar-refractivity contribution in [1.29, 1.82) is 0 Å². The molecule has 3 rings (SSSR count). The maximum Gasteiger partial charge on any atom is 0.0396 e. The van der Waals surface area contributed by atoms with Gasteiger partial charge in [-0.25, -0.2) is 0 Å². The molecule has 1 aliphatic heterocycles. The topological polar surface area (TPSA) is 15.3 Å². The average molecular weight is 276 g/mol. The van der Waals surface area contributed by atoms with E-state index >= 15 is 0 Å². The highest BCUT2D eigenvalue weighted by Crippen LogP contribution is 2.25. The third-order valence-electron chi connectivity index (χ3n) is 4.00. The molecule has 0 spiro atoms. The molecule has 0 radical (unpaired) electrons. The fraction of sp³-hybridized carbons (Fsp3) is 0.625. The highest BCUT2D eigenvalue weighted by atomic mass is 32.2. The van der Waals surface area contributed by atoms with Gasteiger partial charge in [0, 0.05) is 37.1 Å².